The number of fused-ring (bicyclic) bond motifs is 2. The van der Waals surface area contributed by atoms with Gasteiger partial charge in [-0.25, -0.2) is 9.59 Å². The highest BCUT2D eigenvalue weighted by Gasteiger charge is 2.65. The first-order chi connectivity index (χ1) is 12.9. The summed E-state index contributed by atoms with van der Waals surface area (Å²) in [7, 11) is 1.54. The van der Waals surface area contributed by atoms with Crippen LogP contribution in [0.2, 0.25) is 0 Å². The summed E-state index contributed by atoms with van der Waals surface area (Å²) in [6, 6.07) is 8.73. The van der Waals surface area contributed by atoms with E-state index in [0.717, 1.165) is 16.2 Å². The van der Waals surface area contributed by atoms with Gasteiger partial charge in [0, 0.05) is 18.3 Å². The Kier molecular flexibility index (Phi) is 4.49. The van der Waals surface area contributed by atoms with E-state index in [1.807, 2.05) is 6.07 Å². The number of ether oxygens (including phenoxy) is 2. The second-order valence-electron chi connectivity index (χ2n) is 5.80. The van der Waals surface area contributed by atoms with E-state index in [4.69, 9.17) is 9.47 Å². The molecule has 0 bridgehead atoms. The average molecular weight is 370 g/mol. The molecule has 1 aromatic rings. The Morgan fingerprint density at radius 1 is 1.15 bits per heavy atom. The highest BCUT2D eigenvalue weighted by molar-refractivity contribution is 6.12. The maximum atomic E-state index is 13.3. The molecule has 0 radical (unpaired) electrons. The van der Waals surface area contributed by atoms with Crippen LogP contribution in [0.1, 0.15) is 19.4 Å². The smallest absolute Gasteiger partial charge is 0.433 e. The Morgan fingerprint density at radius 3 is 2.41 bits per heavy atom. The first-order valence-electron chi connectivity index (χ1n) is 8.38. The number of nitrogens with zero attached hydrogens (tertiary/aromatic N) is 4. The highest BCUT2D eigenvalue weighted by atomic mass is 16.6. The number of likely N-dealkylation sites (N-methyl/N-ethyl adjacent to an activating group) is 1. The summed E-state index contributed by atoms with van der Waals surface area (Å²) in [4.78, 5) is 39.9. The van der Waals surface area contributed by atoms with Crippen molar-refractivity contribution in [3.05, 3.63) is 41.6 Å². The lowest BCUT2D eigenvalue weighted by molar-refractivity contribution is -0.131. The van der Waals surface area contributed by atoms with Gasteiger partial charge >= 0.3 is 12.2 Å². The van der Waals surface area contributed by atoms with Crippen LogP contribution in [-0.4, -0.2) is 48.4 Å². The number of benzene rings is 1. The van der Waals surface area contributed by atoms with Crippen LogP contribution in [0.5, 0.6) is 0 Å². The minimum Gasteiger partial charge on any atom is -0.448 e. The lowest BCUT2D eigenvalue weighted by Crippen LogP contribution is -2.58. The Morgan fingerprint density at radius 2 is 1.78 bits per heavy atom. The van der Waals surface area contributed by atoms with Crippen molar-refractivity contribution in [3.8, 4) is 6.07 Å². The number of nitriles is 1. The molecule has 0 N–H and O–H groups in total. The third-order valence-corrected chi connectivity index (χ3v) is 4.46. The maximum absolute atomic E-state index is 13.3. The Hall–Kier alpha value is -3.54. The van der Waals surface area contributed by atoms with E-state index in [2.05, 4.69) is 0 Å². The molecule has 1 aromatic carbocycles. The fourth-order valence-electron chi connectivity index (χ4n) is 3.40. The molecule has 0 aromatic heterocycles. The molecule has 1 spiro atoms. The number of carbonyl (C=O) groups excluding carboxylic acids is 3. The van der Waals surface area contributed by atoms with E-state index >= 15 is 0 Å². The molecular formula is C18H18N4O5. The Balaban J connectivity index is 2.27. The van der Waals surface area contributed by atoms with Gasteiger partial charge < -0.3 is 14.4 Å². The molecule has 0 saturated heterocycles. The van der Waals surface area contributed by atoms with E-state index in [1.165, 1.54) is 4.90 Å². The van der Waals surface area contributed by atoms with Crippen LogP contribution in [0.4, 0.5) is 15.3 Å². The minimum absolute atomic E-state index is 0.0235. The Labute approximate surface area is 155 Å². The second kappa shape index (κ2) is 6.64. The minimum atomic E-state index is -1.82. The van der Waals surface area contributed by atoms with Crippen LogP contribution in [0.3, 0.4) is 0 Å². The summed E-state index contributed by atoms with van der Waals surface area (Å²) in [5.74, 6) is -0.545. The third-order valence-electron chi connectivity index (χ3n) is 4.46. The molecule has 2 aliphatic rings. The van der Waals surface area contributed by atoms with E-state index < -0.39 is 23.6 Å². The van der Waals surface area contributed by atoms with Gasteiger partial charge in [0.1, 0.15) is 0 Å². The molecular weight excluding hydrogens is 352 g/mol. The van der Waals surface area contributed by atoms with Gasteiger partial charge in [-0.15, -0.1) is 0 Å². The predicted molar refractivity (Wildman–Crippen MR) is 92.9 cm³/mol. The summed E-state index contributed by atoms with van der Waals surface area (Å²) >= 11 is 0. The van der Waals surface area contributed by atoms with Crippen molar-refractivity contribution in [2.45, 2.75) is 19.4 Å². The standard InChI is InChI=1S/C18H18N4O5/c1-4-26-16(24)21-11-12(10-19)18(22(21)17(25)27-5-2)13-8-6-7-9-14(13)20(3)15(18)23/h6-9,11H,4-5H2,1-3H3/t18-/m0/s1. The van der Waals surface area contributed by atoms with Crippen LogP contribution in [0.25, 0.3) is 0 Å². The molecule has 27 heavy (non-hydrogen) atoms. The van der Waals surface area contributed by atoms with E-state index in [9.17, 15) is 19.6 Å². The molecule has 0 unspecified atom stereocenters. The number of hydrogen-bond donors (Lipinski definition) is 0. The van der Waals surface area contributed by atoms with Crippen LogP contribution in [0, 0.1) is 11.3 Å². The van der Waals surface area contributed by atoms with Crippen molar-refractivity contribution in [3.63, 3.8) is 0 Å². The Bertz CT molecular complexity index is 890. The molecule has 2 heterocycles. The van der Waals surface area contributed by atoms with Crippen molar-refractivity contribution in [1.82, 2.24) is 10.0 Å². The van der Waals surface area contributed by atoms with Crippen molar-refractivity contribution < 1.29 is 23.9 Å². The normalized spacial score (nSPS) is 20.4. The van der Waals surface area contributed by atoms with Gasteiger partial charge in [-0.3, -0.25) is 4.79 Å². The van der Waals surface area contributed by atoms with Crippen LogP contribution >= 0.6 is 0 Å². The molecule has 0 saturated carbocycles. The molecule has 0 aliphatic carbocycles. The number of amides is 3. The predicted octanol–water partition coefficient (Wildman–Crippen LogP) is 2.11. The fraction of sp³-hybridized carbons (Fsp3) is 0.333. The van der Waals surface area contributed by atoms with E-state index in [0.29, 0.717) is 11.3 Å². The van der Waals surface area contributed by atoms with Crippen LogP contribution in [0.15, 0.2) is 36.0 Å². The zero-order valence-electron chi connectivity index (χ0n) is 15.1. The number of carbonyl (C=O) groups is 3. The zero-order valence-corrected chi connectivity index (χ0v) is 15.1. The van der Waals surface area contributed by atoms with Crippen molar-refractivity contribution in [1.29, 1.82) is 5.26 Å². The highest BCUT2D eigenvalue weighted by Crippen LogP contribution is 2.51. The number of rotatable bonds is 2. The van der Waals surface area contributed by atoms with Crippen LogP contribution < -0.4 is 4.90 Å². The SMILES string of the molecule is CCOC(=O)N1C=C(C#N)[C@]2(C(=O)N(C)c3ccccc32)N1C(=O)OCC. The number of anilines is 1. The summed E-state index contributed by atoms with van der Waals surface area (Å²) in [5, 5.41) is 11.4. The van der Waals surface area contributed by atoms with Crippen LogP contribution in [-0.2, 0) is 19.8 Å². The van der Waals surface area contributed by atoms with Gasteiger partial charge in [-0.2, -0.15) is 15.3 Å². The molecule has 3 rings (SSSR count). The molecule has 2 aliphatic heterocycles. The first kappa shape index (κ1) is 18.3. The molecule has 1 atom stereocenters. The fourth-order valence-corrected chi connectivity index (χ4v) is 3.40. The summed E-state index contributed by atoms with van der Waals surface area (Å²) < 4.78 is 10.1. The van der Waals surface area contributed by atoms with E-state index in [-0.39, 0.29) is 18.8 Å². The largest absolute Gasteiger partial charge is 0.448 e. The monoisotopic (exact) mass is 370 g/mol. The molecule has 140 valence electrons. The van der Waals surface area contributed by atoms with E-state index in [1.54, 1.807) is 45.2 Å². The van der Waals surface area contributed by atoms with Gasteiger partial charge in [0.25, 0.3) is 5.91 Å². The second-order valence-corrected chi connectivity index (χ2v) is 5.80. The average Bonchev–Trinajstić information content (AvgIpc) is 3.12. The summed E-state index contributed by atoms with van der Waals surface area (Å²) in [6.07, 6.45) is -0.691. The molecule has 0 fully saturated rings. The van der Waals surface area contributed by atoms with Gasteiger partial charge in [0.2, 0.25) is 5.54 Å². The molecule has 3 amide bonds. The molecule has 9 heteroatoms. The van der Waals surface area contributed by atoms with Crippen molar-refractivity contribution >= 4 is 23.8 Å². The van der Waals surface area contributed by atoms with Crippen molar-refractivity contribution in [2.24, 2.45) is 0 Å². The van der Waals surface area contributed by atoms with Gasteiger partial charge in [-0.1, -0.05) is 18.2 Å². The number of hydrazine groups is 1. The van der Waals surface area contributed by atoms with Gasteiger partial charge in [-0.05, 0) is 19.9 Å². The number of para-hydroxylation sites is 1. The first-order valence-corrected chi connectivity index (χ1v) is 8.38. The molecule has 9 nitrogen and oxygen atoms in total. The quantitative estimate of drug-likeness (QED) is 0.790. The summed E-state index contributed by atoms with van der Waals surface area (Å²) in [6.45, 7) is 3.29. The zero-order chi connectivity index (χ0) is 19.8. The summed E-state index contributed by atoms with van der Waals surface area (Å²) in [5.41, 5.74) is -0.960. The van der Waals surface area contributed by atoms with Crippen molar-refractivity contribution in [2.75, 3.05) is 25.2 Å². The topological polar surface area (TPSA) is 103 Å². The lowest BCUT2D eigenvalue weighted by Gasteiger charge is -2.36. The lowest BCUT2D eigenvalue weighted by atomic mass is 9.85. The maximum Gasteiger partial charge on any atom is 0.433 e. The number of hydrogen-bond acceptors (Lipinski definition) is 6. The third kappa shape index (κ3) is 2.33. The van der Waals surface area contributed by atoms with Gasteiger partial charge in [0.15, 0.2) is 0 Å². The van der Waals surface area contributed by atoms with Gasteiger partial charge in [0.05, 0.1) is 31.1 Å².